The molecule has 0 aromatic heterocycles. The van der Waals surface area contributed by atoms with E-state index < -0.39 is 0 Å². The third-order valence-corrected chi connectivity index (χ3v) is 4.61. The molecule has 0 fully saturated rings. The Labute approximate surface area is 165 Å². The molecular formula is C25H21N3. The summed E-state index contributed by atoms with van der Waals surface area (Å²) in [5.41, 5.74) is 6.06. The Morgan fingerprint density at radius 1 is 0.571 bits per heavy atom. The first-order valence-electron chi connectivity index (χ1n) is 9.27. The van der Waals surface area contributed by atoms with Gasteiger partial charge in [0.15, 0.2) is 0 Å². The number of para-hydroxylation sites is 2. The maximum absolute atomic E-state index is 4.59. The number of anilines is 2. The van der Waals surface area contributed by atoms with Crippen molar-refractivity contribution in [3.63, 3.8) is 0 Å². The smallest absolute Gasteiger partial charge is 0.110 e. The van der Waals surface area contributed by atoms with Gasteiger partial charge in [0, 0.05) is 18.3 Å². The highest BCUT2D eigenvalue weighted by Gasteiger charge is 2.15. The zero-order valence-corrected chi connectivity index (χ0v) is 15.7. The van der Waals surface area contributed by atoms with Crippen molar-refractivity contribution in [1.82, 2.24) is 0 Å². The van der Waals surface area contributed by atoms with Crippen LogP contribution in [0.3, 0.4) is 0 Å². The molecule has 3 nitrogen and oxygen atoms in total. The van der Waals surface area contributed by atoms with Gasteiger partial charge >= 0.3 is 0 Å². The van der Waals surface area contributed by atoms with Crippen LogP contribution in [0.1, 0.15) is 0 Å². The number of hydrogen-bond acceptors (Lipinski definition) is 3. The Kier molecular flexibility index (Phi) is 5.25. The lowest BCUT2D eigenvalue weighted by atomic mass is 10.0. The van der Waals surface area contributed by atoms with E-state index in [1.54, 1.807) is 0 Å². The third kappa shape index (κ3) is 3.84. The lowest BCUT2D eigenvalue weighted by Crippen LogP contribution is -2.10. The summed E-state index contributed by atoms with van der Waals surface area (Å²) in [6.45, 7) is 0. The molecule has 0 saturated heterocycles. The van der Waals surface area contributed by atoms with E-state index in [9.17, 15) is 0 Å². The molecule has 0 unspecified atom stereocenters. The van der Waals surface area contributed by atoms with E-state index in [4.69, 9.17) is 0 Å². The molecule has 0 aliphatic carbocycles. The van der Waals surface area contributed by atoms with E-state index in [1.165, 1.54) is 0 Å². The van der Waals surface area contributed by atoms with Crippen LogP contribution in [0.5, 0.6) is 0 Å². The fourth-order valence-corrected chi connectivity index (χ4v) is 3.20. The SMILES string of the molecule is CN(c1ccccc1)c1c(N=Nc2ccccc2)cccc1-c1ccccc1. The largest absolute Gasteiger partial charge is 0.342 e. The quantitative estimate of drug-likeness (QED) is 0.337. The lowest BCUT2D eigenvalue weighted by Gasteiger charge is -2.24. The molecule has 0 amide bonds. The zero-order valence-electron chi connectivity index (χ0n) is 15.7. The molecule has 4 rings (SSSR count). The Bertz CT molecular complexity index is 1060. The fourth-order valence-electron chi connectivity index (χ4n) is 3.20. The van der Waals surface area contributed by atoms with Gasteiger partial charge in [-0.15, -0.1) is 5.11 Å². The van der Waals surface area contributed by atoms with Gasteiger partial charge in [-0.25, -0.2) is 0 Å². The summed E-state index contributed by atoms with van der Waals surface area (Å²) in [6.07, 6.45) is 0. The van der Waals surface area contributed by atoms with E-state index >= 15 is 0 Å². The Balaban J connectivity index is 1.85. The van der Waals surface area contributed by atoms with Crippen molar-refractivity contribution < 1.29 is 0 Å². The van der Waals surface area contributed by atoms with E-state index in [1.807, 2.05) is 66.7 Å². The first-order chi connectivity index (χ1) is 13.8. The van der Waals surface area contributed by atoms with Gasteiger partial charge in [-0.1, -0.05) is 78.9 Å². The summed E-state index contributed by atoms with van der Waals surface area (Å²) in [7, 11) is 2.07. The Morgan fingerprint density at radius 3 is 1.86 bits per heavy atom. The molecule has 0 N–H and O–H groups in total. The molecule has 0 bridgehead atoms. The summed E-state index contributed by atoms with van der Waals surface area (Å²) in [6, 6.07) is 36.7. The first kappa shape index (κ1) is 17.7. The molecule has 0 spiro atoms. The number of benzene rings is 4. The van der Waals surface area contributed by atoms with Gasteiger partial charge in [-0.3, -0.25) is 0 Å². The van der Waals surface area contributed by atoms with Gasteiger partial charge < -0.3 is 4.90 Å². The number of hydrogen-bond donors (Lipinski definition) is 0. The molecule has 0 heterocycles. The molecule has 0 atom stereocenters. The van der Waals surface area contributed by atoms with Gasteiger partial charge in [0.1, 0.15) is 5.69 Å². The standard InChI is InChI=1S/C25H21N3/c1-28(22-16-9-4-10-17-22)25-23(20-12-5-2-6-13-20)18-11-19-24(25)27-26-21-14-7-3-8-15-21/h2-19H,1H3. The van der Waals surface area contributed by atoms with Crippen LogP contribution in [-0.2, 0) is 0 Å². The number of nitrogens with zero attached hydrogens (tertiary/aromatic N) is 3. The summed E-state index contributed by atoms with van der Waals surface area (Å²) in [4.78, 5) is 2.17. The van der Waals surface area contributed by atoms with Crippen LogP contribution >= 0.6 is 0 Å². The van der Waals surface area contributed by atoms with Crippen LogP contribution in [0.2, 0.25) is 0 Å². The molecule has 0 aliphatic heterocycles. The Hall–Kier alpha value is -3.72. The predicted octanol–water partition coefficient (Wildman–Crippen LogP) is 7.54. The van der Waals surface area contributed by atoms with E-state index in [0.29, 0.717) is 0 Å². The minimum Gasteiger partial charge on any atom is -0.342 e. The highest BCUT2D eigenvalue weighted by Crippen LogP contribution is 2.41. The van der Waals surface area contributed by atoms with Crippen molar-refractivity contribution in [2.75, 3.05) is 11.9 Å². The summed E-state index contributed by atoms with van der Waals surface area (Å²) < 4.78 is 0. The van der Waals surface area contributed by atoms with Gasteiger partial charge in [-0.2, -0.15) is 5.11 Å². The highest BCUT2D eigenvalue weighted by molar-refractivity contribution is 5.89. The summed E-state index contributed by atoms with van der Waals surface area (Å²) in [5.74, 6) is 0. The van der Waals surface area contributed by atoms with Gasteiger partial charge in [0.05, 0.1) is 11.4 Å². The molecule has 0 aliphatic rings. The topological polar surface area (TPSA) is 28.0 Å². The van der Waals surface area contributed by atoms with Crippen molar-refractivity contribution in [2.24, 2.45) is 10.2 Å². The van der Waals surface area contributed by atoms with Gasteiger partial charge in [0.2, 0.25) is 0 Å². The van der Waals surface area contributed by atoms with Crippen LogP contribution in [0.15, 0.2) is 119 Å². The molecule has 28 heavy (non-hydrogen) atoms. The molecule has 0 radical (unpaired) electrons. The van der Waals surface area contributed by atoms with Gasteiger partial charge in [-0.05, 0) is 35.9 Å². The van der Waals surface area contributed by atoms with Crippen LogP contribution < -0.4 is 4.90 Å². The maximum atomic E-state index is 4.59. The predicted molar refractivity (Wildman–Crippen MR) is 117 cm³/mol. The average Bonchev–Trinajstić information content (AvgIpc) is 2.79. The molecule has 3 heteroatoms. The second-order valence-corrected chi connectivity index (χ2v) is 6.47. The van der Waals surface area contributed by atoms with Crippen molar-refractivity contribution in [2.45, 2.75) is 0 Å². The second kappa shape index (κ2) is 8.31. The van der Waals surface area contributed by atoms with E-state index in [0.717, 1.165) is 33.9 Å². The van der Waals surface area contributed by atoms with E-state index in [2.05, 4.69) is 64.6 Å². The number of azo groups is 1. The van der Waals surface area contributed by atoms with Crippen molar-refractivity contribution in [3.05, 3.63) is 109 Å². The molecule has 4 aromatic rings. The van der Waals surface area contributed by atoms with Crippen LogP contribution in [0.25, 0.3) is 11.1 Å². The Morgan fingerprint density at radius 2 is 1.18 bits per heavy atom. The minimum atomic E-state index is 0.830. The molecule has 136 valence electrons. The molecule has 0 saturated carbocycles. The van der Waals surface area contributed by atoms with Crippen LogP contribution in [0, 0.1) is 0 Å². The monoisotopic (exact) mass is 363 g/mol. The summed E-state index contributed by atoms with van der Waals surface area (Å²) >= 11 is 0. The zero-order chi connectivity index (χ0) is 19.2. The second-order valence-electron chi connectivity index (χ2n) is 6.47. The lowest BCUT2D eigenvalue weighted by molar-refractivity contribution is 1.17. The van der Waals surface area contributed by atoms with Crippen molar-refractivity contribution >= 4 is 22.7 Å². The van der Waals surface area contributed by atoms with Crippen LogP contribution in [-0.4, -0.2) is 7.05 Å². The van der Waals surface area contributed by atoms with Gasteiger partial charge in [0.25, 0.3) is 0 Å². The van der Waals surface area contributed by atoms with E-state index in [-0.39, 0.29) is 0 Å². The fraction of sp³-hybridized carbons (Fsp3) is 0.0400. The minimum absolute atomic E-state index is 0.830. The third-order valence-electron chi connectivity index (χ3n) is 4.61. The normalized spacial score (nSPS) is 10.9. The molecule has 4 aromatic carbocycles. The first-order valence-corrected chi connectivity index (χ1v) is 9.27. The summed E-state index contributed by atoms with van der Waals surface area (Å²) in [5, 5.41) is 9.04. The number of rotatable bonds is 5. The van der Waals surface area contributed by atoms with Crippen molar-refractivity contribution in [3.8, 4) is 11.1 Å². The average molecular weight is 363 g/mol. The maximum Gasteiger partial charge on any atom is 0.110 e. The highest BCUT2D eigenvalue weighted by atomic mass is 15.2. The molecular weight excluding hydrogens is 342 g/mol. The van der Waals surface area contributed by atoms with Crippen LogP contribution in [0.4, 0.5) is 22.7 Å². The van der Waals surface area contributed by atoms with Crippen molar-refractivity contribution in [1.29, 1.82) is 0 Å².